The van der Waals surface area contributed by atoms with Gasteiger partial charge in [-0.2, -0.15) is 0 Å². The highest BCUT2D eigenvalue weighted by atomic mass is 16.3. The minimum absolute atomic E-state index is 0.0201. The number of carbonyl (C=O) groups is 1. The largest absolute Gasteiger partial charge is 0.395 e. The van der Waals surface area contributed by atoms with E-state index in [4.69, 9.17) is 5.11 Å². The van der Waals surface area contributed by atoms with Crippen molar-refractivity contribution in [2.24, 2.45) is 0 Å². The Hall–Kier alpha value is -1.36. The molecule has 0 spiro atoms. The molecule has 0 unspecified atom stereocenters. The number of H-pyrrole nitrogens is 1. The van der Waals surface area contributed by atoms with Crippen LogP contribution in [0.3, 0.4) is 0 Å². The molecular formula is C8H13N3O2. The third-order valence-electron chi connectivity index (χ3n) is 1.77. The molecule has 0 aliphatic heterocycles. The number of aliphatic hydroxyl groups excluding tert-OH is 1. The number of carbonyl (C=O) groups excluding carboxylic acids is 1. The number of aliphatic hydroxyl groups is 1. The van der Waals surface area contributed by atoms with Gasteiger partial charge in [0.05, 0.1) is 19.1 Å². The normalized spacial score (nSPS) is 10.0. The molecule has 0 aliphatic carbocycles. The van der Waals surface area contributed by atoms with E-state index in [0.717, 1.165) is 0 Å². The van der Waals surface area contributed by atoms with Crippen molar-refractivity contribution in [2.75, 3.05) is 19.7 Å². The summed E-state index contributed by atoms with van der Waals surface area (Å²) in [5.74, 6) is -0.131. The lowest BCUT2D eigenvalue weighted by atomic mass is 10.4. The molecule has 0 bridgehead atoms. The second kappa shape index (κ2) is 4.61. The van der Waals surface area contributed by atoms with E-state index in [-0.39, 0.29) is 12.5 Å². The van der Waals surface area contributed by atoms with Gasteiger partial charge in [0.1, 0.15) is 5.69 Å². The highest BCUT2D eigenvalue weighted by molar-refractivity contribution is 5.92. The van der Waals surface area contributed by atoms with E-state index < -0.39 is 0 Å². The molecule has 0 atom stereocenters. The van der Waals surface area contributed by atoms with Crippen LogP contribution in [0.4, 0.5) is 0 Å². The second-order valence-electron chi connectivity index (χ2n) is 2.57. The molecule has 2 N–H and O–H groups in total. The van der Waals surface area contributed by atoms with Gasteiger partial charge in [-0.1, -0.05) is 0 Å². The van der Waals surface area contributed by atoms with Gasteiger partial charge in [-0.25, -0.2) is 4.98 Å². The fraction of sp³-hybridized carbons (Fsp3) is 0.500. The van der Waals surface area contributed by atoms with Crippen LogP contribution in [0, 0.1) is 0 Å². The molecule has 0 saturated heterocycles. The maximum atomic E-state index is 11.6. The Morgan fingerprint density at radius 3 is 3.00 bits per heavy atom. The fourth-order valence-electron chi connectivity index (χ4n) is 1.07. The van der Waals surface area contributed by atoms with Gasteiger partial charge in [0.2, 0.25) is 0 Å². The quantitative estimate of drug-likeness (QED) is 0.682. The summed E-state index contributed by atoms with van der Waals surface area (Å²) in [6.07, 6.45) is 2.93. The van der Waals surface area contributed by atoms with E-state index in [1.807, 2.05) is 6.92 Å². The van der Waals surface area contributed by atoms with Gasteiger partial charge in [-0.15, -0.1) is 0 Å². The highest BCUT2D eigenvalue weighted by Crippen LogP contribution is 1.99. The number of hydrogen-bond donors (Lipinski definition) is 2. The van der Waals surface area contributed by atoms with Crippen molar-refractivity contribution in [3.05, 3.63) is 18.2 Å². The van der Waals surface area contributed by atoms with Gasteiger partial charge in [-0.05, 0) is 6.92 Å². The van der Waals surface area contributed by atoms with Crippen LogP contribution < -0.4 is 0 Å². The Morgan fingerprint density at radius 1 is 1.77 bits per heavy atom. The van der Waals surface area contributed by atoms with Gasteiger partial charge in [-0.3, -0.25) is 4.79 Å². The predicted octanol–water partition coefficient (Wildman–Crippen LogP) is -0.136. The van der Waals surface area contributed by atoms with Crippen molar-refractivity contribution < 1.29 is 9.90 Å². The first-order chi connectivity index (χ1) is 6.29. The van der Waals surface area contributed by atoms with Crippen LogP contribution >= 0.6 is 0 Å². The molecule has 5 nitrogen and oxygen atoms in total. The maximum Gasteiger partial charge on any atom is 0.271 e. The number of aromatic nitrogens is 2. The van der Waals surface area contributed by atoms with Crippen molar-refractivity contribution in [3.8, 4) is 0 Å². The van der Waals surface area contributed by atoms with Crippen LogP contribution in [0.1, 0.15) is 17.4 Å². The summed E-state index contributed by atoms with van der Waals surface area (Å²) in [7, 11) is 0. The molecule has 1 heterocycles. The van der Waals surface area contributed by atoms with Crippen LogP contribution in [0.15, 0.2) is 12.5 Å². The minimum atomic E-state index is -0.131. The smallest absolute Gasteiger partial charge is 0.271 e. The Balaban J connectivity index is 2.65. The Morgan fingerprint density at radius 2 is 2.54 bits per heavy atom. The number of rotatable bonds is 4. The van der Waals surface area contributed by atoms with Crippen molar-refractivity contribution in [1.82, 2.24) is 14.9 Å². The highest BCUT2D eigenvalue weighted by Gasteiger charge is 2.13. The van der Waals surface area contributed by atoms with Crippen molar-refractivity contribution >= 4 is 5.91 Å². The van der Waals surface area contributed by atoms with Gasteiger partial charge in [0, 0.05) is 13.1 Å². The average Bonchev–Trinajstić information content (AvgIpc) is 2.65. The summed E-state index contributed by atoms with van der Waals surface area (Å²) < 4.78 is 0. The lowest BCUT2D eigenvalue weighted by Crippen LogP contribution is -2.33. The molecule has 0 radical (unpaired) electrons. The number of hydrogen-bond acceptors (Lipinski definition) is 3. The lowest BCUT2D eigenvalue weighted by Gasteiger charge is -2.18. The minimum Gasteiger partial charge on any atom is -0.395 e. The number of nitrogens with one attached hydrogen (secondary N) is 1. The topological polar surface area (TPSA) is 69.2 Å². The van der Waals surface area contributed by atoms with E-state index in [1.54, 1.807) is 4.90 Å². The van der Waals surface area contributed by atoms with E-state index in [9.17, 15) is 4.79 Å². The summed E-state index contributed by atoms with van der Waals surface area (Å²) in [4.78, 5) is 19.6. The van der Waals surface area contributed by atoms with Crippen LogP contribution in [-0.2, 0) is 0 Å². The molecule has 0 aliphatic rings. The first kappa shape index (κ1) is 9.73. The third kappa shape index (κ3) is 2.29. The summed E-state index contributed by atoms with van der Waals surface area (Å²) in [6.45, 7) is 2.78. The van der Waals surface area contributed by atoms with Gasteiger partial charge in [0.25, 0.3) is 5.91 Å². The first-order valence-electron chi connectivity index (χ1n) is 4.18. The molecule has 1 rings (SSSR count). The molecule has 72 valence electrons. The zero-order chi connectivity index (χ0) is 9.68. The van der Waals surface area contributed by atoms with Crippen LogP contribution in [0.5, 0.6) is 0 Å². The van der Waals surface area contributed by atoms with Gasteiger partial charge < -0.3 is 15.0 Å². The van der Waals surface area contributed by atoms with Crippen LogP contribution in [0.2, 0.25) is 0 Å². The molecule has 0 fully saturated rings. The molecular weight excluding hydrogens is 170 g/mol. The molecule has 1 aromatic rings. The van der Waals surface area contributed by atoms with Crippen LogP contribution in [-0.4, -0.2) is 45.6 Å². The number of nitrogens with zero attached hydrogens (tertiary/aromatic N) is 2. The summed E-state index contributed by atoms with van der Waals surface area (Å²) in [5.41, 5.74) is 0.454. The Bertz CT molecular complexity index is 258. The lowest BCUT2D eigenvalue weighted by molar-refractivity contribution is 0.0726. The standard InChI is InChI=1S/C8H13N3O2/c1-2-11(3-4-12)8(13)7-5-9-6-10-7/h5-6,12H,2-4H2,1H3,(H,9,10). The van der Waals surface area contributed by atoms with Gasteiger partial charge in [0.15, 0.2) is 0 Å². The summed E-state index contributed by atoms with van der Waals surface area (Å²) in [6, 6.07) is 0. The van der Waals surface area contributed by atoms with E-state index in [2.05, 4.69) is 9.97 Å². The molecule has 1 aromatic heterocycles. The van der Waals surface area contributed by atoms with Gasteiger partial charge >= 0.3 is 0 Å². The summed E-state index contributed by atoms with van der Waals surface area (Å²) in [5, 5.41) is 8.69. The third-order valence-corrected chi connectivity index (χ3v) is 1.77. The SMILES string of the molecule is CCN(CCO)C(=O)c1cnc[nH]1. The number of imidazole rings is 1. The summed E-state index contributed by atoms with van der Waals surface area (Å²) >= 11 is 0. The molecule has 0 saturated carbocycles. The Labute approximate surface area is 76.4 Å². The van der Waals surface area contributed by atoms with Crippen molar-refractivity contribution in [1.29, 1.82) is 0 Å². The monoisotopic (exact) mass is 183 g/mol. The maximum absolute atomic E-state index is 11.6. The van der Waals surface area contributed by atoms with E-state index in [1.165, 1.54) is 12.5 Å². The average molecular weight is 183 g/mol. The van der Waals surface area contributed by atoms with Crippen LogP contribution in [0.25, 0.3) is 0 Å². The van der Waals surface area contributed by atoms with E-state index in [0.29, 0.717) is 18.8 Å². The number of amides is 1. The molecule has 0 aromatic carbocycles. The number of likely N-dealkylation sites (N-methyl/N-ethyl adjacent to an activating group) is 1. The fourth-order valence-corrected chi connectivity index (χ4v) is 1.07. The number of aromatic amines is 1. The zero-order valence-corrected chi connectivity index (χ0v) is 7.53. The molecule has 13 heavy (non-hydrogen) atoms. The second-order valence-corrected chi connectivity index (χ2v) is 2.57. The Kier molecular flexibility index (Phi) is 3.45. The predicted molar refractivity (Wildman–Crippen MR) is 47.3 cm³/mol. The van der Waals surface area contributed by atoms with E-state index >= 15 is 0 Å². The van der Waals surface area contributed by atoms with Crippen molar-refractivity contribution in [2.45, 2.75) is 6.92 Å². The molecule has 5 heteroatoms. The molecule has 1 amide bonds. The first-order valence-corrected chi connectivity index (χ1v) is 4.18. The zero-order valence-electron chi connectivity index (χ0n) is 7.53. The van der Waals surface area contributed by atoms with Crippen molar-refractivity contribution in [3.63, 3.8) is 0 Å².